The van der Waals surface area contributed by atoms with Gasteiger partial charge in [-0.05, 0) is 25.0 Å². The number of aliphatic hydroxyl groups excluding tert-OH is 1. The third-order valence-electron chi connectivity index (χ3n) is 3.26. The molecule has 1 fully saturated rings. The lowest BCUT2D eigenvalue weighted by Crippen LogP contribution is -2.40. The SMILES string of the molecule is NC(=S)c1c(F)cccc1S(=O)(=O)N1CCC(O)CC1. The molecule has 0 radical (unpaired) electrons. The first-order valence-corrected chi connectivity index (χ1v) is 7.95. The Morgan fingerprint density at radius 3 is 2.55 bits per heavy atom. The largest absolute Gasteiger partial charge is 0.393 e. The van der Waals surface area contributed by atoms with E-state index in [1.165, 1.54) is 16.4 Å². The van der Waals surface area contributed by atoms with Gasteiger partial charge in [-0.2, -0.15) is 4.31 Å². The minimum atomic E-state index is -3.87. The molecule has 0 atom stereocenters. The smallest absolute Gasteiger partial charge is 0.243 e. The van der Waals surface area contributed by atoms with E-state index in [0.717, 1.165) is 6.07 Å². The Bertz CT molecular complexity index is 626. The van der Waals surface area contributed by atoms with Gasteiger partial charge in [-0.15, -0.1) is 0 Å². The number of hydrogen-bond acceptors (Lipinski definition) is 4. The van der Waals surface area contributed by atoms with Crippen LogP contribution in [0.4, 0.5) is 4.39 Å². The van der Waals surface area contributed by atoms with Crippen molar-refractivity contribution in [2.24, 2.45) is 5.73 Å². The molecule has 0 spiro atoms. The topological polar surface area (TPSA) is 83.6 Å². The van der Waals surface area contributed by atoms with Crippen molar-refractivity contribution in [2.75, 3.05) is 13.1 Å². The molecule has 1 aromatic carbocycles. The van der Waals surface area contributed by atoms with Gasteiger partial charge in [0.05, 0.1) is 16.6 Å². The van der Waals surface area contributed by atoms with Crippen LogP contribution >= 0.6 is 12.2 Å². The van der Waals surface area contributed by atoms with Crippen LogP contribution in [0, 0.1) is 5.82 Å². The molecule has 110 valence electrons. The number of sulfonamides is 1. The summed E-state index contributed by atoms with van der Waals surface area (Å²) in [5.74, 6) is -0.754. The van der Waals surface area contributed by atoms with Crippen LogP contribution < -0.4 is 5.73 Å². The molecule has 0 aromatic heterocycles. The second kappa shape index (κ2) is 5.72. The van der Waals surface area contributed by atoms with Crippen molar-refractivity contribution in [3.05, 3.63) is 29.6 Å². The zero-order valence-corrected chi connectivity index (χ0v) is 12.3. The summed E-state index contributed by atoms with van der Waals surface area (Å²) in [6, 6.07) is 3.72. The Morgan fingerprint density at radius 1 is 1.40 bits per heavy atom. The number of piperidine rings is 1. The van der Waals surface area contributed by atoms with Crippen LogP contribution in [0.25, 0.3) is 0 Å². The molecule has 0 unspecified atom stereocenters. The molecule has 5 nitrogen and oxygen atoms in total. The van der Waals surface area contributed by atoms with Crippen molar-refractivity contribution in [3.8, 4) is 0 Å². The molecule has 0 bridgehead atoms. The zero-order chi connectivity index (χ0) is 14.9. The maximum atomic E-state index is 13.8. The second-order valence-electron chi connectivity index (χ2n) is 4.61. The summed E-state index contributed by atoms with van der Waals surface area (Å²) in [4.78, 5) is -0.514. The van der Waals surface area contributed by atoms with Crippen molar-refractivity contribution in [2.45, 2.75) is 23.8 Å². The van der Waals surface area contributed by atoms with Gasteiger partial charge in [0.2, 0.25) is 10.0 Å². The number of rotatable bonds is 3. The van der Waals surface area contributed by atoms with Crippen LogP contribution in [0.1, 0.15) is 18.4 Å². The summed E-state index contributed by atoms with van der Waals surface area (Å²) < 4.78 is 40.1. The maximum absolute atomic E-state index is 13.8. The number of nitrogens with two attached hydrogens (primary N) is 1. The van der Waals surface area contributed by atoms with E-state index in [4.69, 9.17) is 18.0 Å². The lowest BCUT2D eigenvalue weighted by Gasteiger charge is -2.29. The molecule has 1 saturated heterocycles. The number of benzene rings is 1. The van der Waals surface area contributed by atoms with Crippen molar-refractivity contribution in [3.63, 3.8) is 0 Å². The normalized spacial score (nSPS) is 18.1. The van der Waals surface area contributed by atoms with Crippen molar-refractivity contribution in [1.82, 2.24) is 4.31 Å². The second-order valence-corrected chi connectivity index (χ2v) is 6.96. The van der Waals surface area contributed by atoms with E-state index >= 15 is 0 Å². The van der Waals surface area contributed by atoms with Gasteiger partial charge in [-0.25, -0.2) is 12.8 Å². The van der Waals surface area contributed by atoms with E-state index < -0.39 is 21.9 Å². The first-order chi connectivity index (χ1) is 9.34. The highest BCUT2D eigenvalue weighted by atomic mass is 32.2. The minimum absolute atomic E-state index is 0.191. The molecular weight excluding hydrogens is 303 g/mol. The third-order valence-corrected chi connectivity index (χ3v) is 5.41. The number of hydrogen-bond donors (Lipinski definition) is 2. The molecule has 1 aromatic rings. The Hall–Kier alpha value is -1.09. The number of thiocarbonyl (C=S) groups is 1. The fourth-order valence-electron chi connectivity index (χ4n) is 2.18. The Morgan fingerprint density at radius 2 is 2.00 bits per heavy atom. The highest BCUT2D eigenvalue weighted by molar-refractivity contribution is 7.89. The Kier molecular flexibility index (Phi) is 4.38. The number of nitrogens with zero attached hydrogens (tertiary/aromatic N) is 1. The summed E-state index contributed by atoms with van der Waals surface area (Å²) in [6.07, 6.45) is 0.220. The predicted octanol–water partition coefficient (Wildman–Crippen LogP) is 0.605. The van der Waals surface area contributed by atoms with E-state index in [1.807, 2.05) is 0 Å². The third kappa shape index (κ3) is 2.83. The van der Waals surface area contributed by atoms with Gasteiger partial charge in [0, 0.05) is 13.1 Å². The fourth-order valence-corrected chi connectivity index (χ4v) is 4.14. The standard InChI is InChI=1S/C12H15FN2O3S2/c13-9-2-1-3-10(11(9)12(14)19)20(17,18)15-6-4-8(16)5-7-15/h1-3,8,16H,4-7H2,(H2,14,19). The lowest BCUT2D eigenvalue weighted by molar-refractivity contribution is 0.113. The lowest BCUT2D eigenvalue weighted by atomic mass is 10.1. The summed E-state index contributed by atoms with van der Waals surface area (Å²) in [5.41, 5.74) is 5.18. The van der Waals surface area contributed by atoms with E-state index in [0.29, 0.717) is 12.8 Å². The highest BCUT2D eigenvalue weighted by Crippen LogP contribution is 2.25. The molecule has 3 N–H and O–H groups in total. The van der Waals surface area contributed by atoms with Crippen LogP contribution in [-0.2, 0) is 10.0 Å². The van der Waals surface area contributed by atoms with Crippen molar-refractivity contribution >= 4 is 27.2 Å². The molecule has 0 amide bonds. The molecule has 20 heavy (non-hydrogen) atoms. The van der Waals surface area contributed by atoms with Gasteiger partial charge < -0.3 is 10.8 Å². The van der Waals surface area contributed by atoms with Gasteiger partial charge in [-0.3, -0.25) is 0 Å². The van der Waals surface area contributed by atoms with E-state index in [2.05, 4.69) is 0 Å². The summed E-state index contributed by atoms with van der Waals surface area (Å²) in [6.45, 7) is 0.383. The van der Waals surface area contributed by atoms with Crippen LogP contribution in [0.5, 0.6) is 0 Å². The molecule has 1 aliphatic rings. The van der Waals surface area contributed by atoms with Gasteiger partial charge >= 0.3 is 0 Å². The summed E-state index contributed by atoms with van der Waals surface area (Å²) >= 11 is 4.74. The average molecular weight is 318 g/mol. The summed E-state index contributed by atoms with van der Waals surface area (Å²) in [7, 11) is -3.87. The van der Waals surface area contributed by atoms with Crippen molar-refractivity contribution in [1.29, 1.82) is 0 Å². The monoisotopic (exact) mass is 318 g/mol. The molecule has 8 heteroatoms. The van der Waals surface area contributed by atoms with Gasteiger partial charge in [0.15, 0.2) is 0 Å². The van der Waals surface area contributed by atoms with Gasteiger partial charge in [-0.1, -0.05) is 18.3 Å². The molecule has 0 saturated carbocycles. The Labute approximate surface area is 122 Å². The molecule has 1 heterocycles. The first kappa shape index (κ1) is 15.3. The number of aliphatic hydroxyl groups is 1. The van der Waals surface area contributed by atoms with Crippen LogP contribution in [0.2, 0.25) is 0 Å². The van der Waals surface area contributed by atoms with Crippen LogP contribution in [0.15, 0.2) is 23.1 Å². The average Bonchev–Trinajstić information content (AvgIpc) is 2.38. The number of halogens is 1. The first-order valence-electron chi connectivity index (χ1n) is 6.10. The van der Waals surface area contributed by atoms with E-state index in [9.17, 15) is 17.9 Å². The van der Waals surface area contributed by atoms with Crippen molar-refractivity contribution < 1.29 is 17.9 Å². The maximum Gasteiger partial charge on any atom is 0.243 e. The highest BCUT2D eigenvalue weighted by Gasteiger charge is 2.31. The van der Waals surface area contributed by atoms with Gasteiger partial charge in [0.1, 0.15) is 10.8 Å². The van der Waals surface area contributed by atoms with Crippen LogP contribution in [0.3, 0.4) is 0 Å². The zero-order valence-electron chi connectivity index (χ0n) is 10.6. The molecule has 2 rings (SSSR count). The Balaban J connectivity index is 2.45. The molecular formula is C12H15FN2O3S2. The van der Waals surface area contributed by atoms with Gasteiger partial charge in [0.25, 0.3) is 0 Å². The molecule has 1 aliphatic heterocycles. The molecule has 0 aliphatic carbocycles. The van der Waals surface area contributed by atoms with E-state index in [1.54, 1.807) is 0 Å². The fraction of sp³-hybridized carbons (Fsp3) is 0.417. The van der Waals surface area contributed by atoms with E-state index in [-0.39, 0.29) is 28.5 Å². The predicted molar refractivity (Wildman–Crippen MR) is 76.3 cm³/mol. The quantitative estimate of drug-likeness (QED) is 0.798. The van der Waals surface area contributed by atoms with Crippen LogP contribution in [-0.4, -0.2) is 42.0 Å². The summed E-state index contributed by atoms with van der Waals surface area (Å²) in [5, 5.41) is 9.43. The minimum Gasteiger partial charge on any atom is -0.393 e.